The van der Waals surface area contributed by atoms with Crippen molar-refractivity contribution in [2.45, 2.75) is 6.61 Å². The second kappa shape index (κ2) is 8.08. The smallest absolute Gasteiger partial charge is 0.254 e. The molecular weight excluding hydrogens is 410 g/mol. The van der Waals surface area contributed by atoms with Crippen LogP contribution in [0.3, 0.4) is 0 Å². The van der Waals surface area contributed by atoms with Crippen LogP contribution in [0.1, 0.15) is 15.4 Å². The molecular formula is C22H16F2N2O3S. The third-order valence-corrected chi connectivity index (χ3v) is 5.52. The molecule has 2 N–H and O–H groups in total. The van der Waals surface area contributed by atoms with E-state index in [9.17, 15) is 13.6 Å². The molecule has 0 aliphatic carbocycles. The van der Waals surface area contributed by atoms with E-state index in [0.717, 1.165) is 39.2 Å². The number of aromatic nitrogens is 1. The van der Waals surface area contributed by atoms with Crippen molar-refractivity contribution in [3.05, 3.63) is 76.8 Å². The highest BCUT2D eigenvalue weighted by Crippen LogP contribution is 2.30. The summed E-state index contributed by atoms with van der Waals surface area (Å²) in [6.45, 7) is -0.0298. The summed E-state index contributed by atoms with van der Waals surface area (Å²) >= 11 is 1.40. The topological polar surface area (TPSA) is 74.4 Å². The first-order chi connectivity index (χ1) is 14.5. The molecule has 0 spiro atoms. The minimum Gasteiger partial charge on any atom is -0.497 e. The molecule has 5 nitrogen and oxygen atoms in total. The van der Waals surface area contributed by atoms with Crippen LogP contribution >= 0.6 is 11.3 Å². The number of primary amides is 1. The van der Waals surface area contributed by atoms with Crippen LogP contribution in [0.15, 0.2) is 54.6 Å². The van der Waals surface area contributed by atoms with Crippen LogP contribution in [0.2, 0.25) is 0 Å². The molecule has 3 aromatic carbocycles. The standard InChI is InChI=1S/C22H16F2N2O3S/c1-28-14-5-2-12(3-6-14)13-4-9-18-16(10-13)26-19(30-18)11-29-17-8-7-15(23)20(21(17)24)22(25)27/h2-10H,11H2,1H3,(H2,25,27). The predicted octanol–water partition coefficient (Wildman–Crippen LogP) is 4.93. The SMILES string of the molecule is COc1ccc(-c2ccc3sc(COc4ccc(F)c(C(N)=O)c4F)nc3c2)cc1. The molecule has 0 bridgehead atoms. The quantitative estimate of drug-likeness (QED) is 0.475. The number of carbonyl (C=O) groups excluding carboxylic acids is 1. The Morgan fingerprint density at radius 3 is 2.50 bits per heavy atom. The third kappa shape index (κ3) is 3.81. The number of methoxy groups -OCH3 is 1. The summed E-state index contributed by atoms with van der Waals surface area (Å²) in [4.78, 5) is 15.8. The van der Waals surface area contributed by atoms with Gasteiger partial charge in [-0.1, -0.05) is 18.2 Å². The number of thiazole rings is 1. The highest BCUT2D eigenvalue weighted by molar-refractivity contribution is 7.18. The van der Waals surface area contributed by atoms with E-state index in [1.807, 2.05) is 42.5 Å². The van der Waals surface area contributed by atoms with E-state index in [-0.39, 0.29) is 12.4 Å². The maximum atomic E-state index is 14.3. The van der Waals surface area contributed by atoms with Gasteiger partial charge < -0.3 is 15.2 Å². The molecule has 0 atom stereocenters. The minimum absolute atomic E-state index is 0.0298. The molecule has 4 rings (SSSR count). The number of halogens is 2. The zero-order valence-corrected chi connectivity index (χ0v) is 16.6. The van der Waals surface area contributed by atoms with Gasteiger partial charge in [0.05, 0.1) is 17.3 Å². The van der Waals surface area contributed by atoms with Crippen molar-refractivity contribution in [1.29, 1.82) is 0 Å². The molecule has 1 heterocycles. The zero-order valence-electron chi connectivity index (χ0n) is 15.8. The van der Waals surface area contributed by atoms with Crippen molar-refractivity contribution < 1.29 is 23.0 Å². The van der Waals surface area contributed by atoms with Gasteiger partial charge in [-0.05, 0) is 47.5 Å². The maximum Gasteiger partial charge on any atom is 0.254 e. The van der Waals surface area contributed by atoms with E-state index >= 15 is 0 Å². The highest BCUT2D eigenvalue weighted by Gasteiger charge is 2.19. The van der Waals surface area contributed by atoms with Gasteiger partial charge in [-0.2, -0.15) is 0 Å². The molecule has 0 saturated carbocycles. The average Bonchev–Trinajstić information content (AvgIpc) is 3.15. The van der Waals surface area contributed by atoms with Crippen LogP contribution in [0.4, 0.5) is 8.78 Å². The Balaban J connectivity index is 1.56. The molecule has 0 aliphatic rings. The zero-order chi connectivity index (χ0) is 21.3. The van der Waals surface area contributed by atoms with Gasteiger partial charge in [-0.3, -0.25) is 4.79 Å². The molecule has 0 unspecified atom stereocenters. The van der Waals surface area contributed by atoms with Crippen LogP contribution in [0, 0.1) is 11.6 Å². The number of rotatable bonds is 6. The Labute approximate surface area is 174 Å². The molecule has 0 radical (unpaired) electrons. The lowest BCUT2D eigenvalue weighted by Crippen LogP contribution is -2.16. The largest absolute Gasteiger partial charge is 0.497 e. The summed E-state index contributed by atoms with van der Waals surface area (Å²) in [5, 5.41) is 0.612. The monoisotopic (exact) mass is 426 g/mol. The fourth-order valence-electron chi connectivity index (χ4n) is 3.01. The first-order valence-corrected chi connectivity index (χ1v) is 9.72. The van der Waals surface area contributed by atoms with Crippen LogP contribution < -0.4 is 15.2 Å². The summed E-state index contributed by atoms with van der Waals surface area (Å²) < 4.78 is 39.4. The molecule has 152 valence electrons. The summed E-state index contributed by atoms with van der Waals surface area (Å²) in [6.07, 6.45) is 0. The average molecular weight is 426 g/mol. The van der Waals surface area contributed by atoms with Gasteiger partial charge in [-0.15, -0.1) is 11.3 Å². The third-order valence-electron chi connectivity index (χ3n) is 4.51. The number of carbonyl (C=O) groups is 1. The Kier molecular flexibility index (Phi) is 5.33. The number of nitrogens with two attached hydrogens (primary N) is 1. The number of hydrogen-bond donors (Lipinski definition) is 1. The van der Waals surface area contributed by atoms with Crippen LogP contribution in [0.25, 0.3) is 21.3 Å². The number of ether oxygens (including phenoxy) is 2. The first kappa shape index (κ1) is 19.8. The van der Waals surface area contributed by atoms with Crippen LogP contribution in [0.5, 0.6) is 11.5 Å². The fourth-order valence-corrected chi connectivity index (χ4v) is 3.87. The van der Waals surface area contributed by atoms with E-state index in [1.165, 1.54) is 11.3 Å². The number of hydrogen-bond acceptors (Lipinski definition) is 5. The molecule has 4 aromatic rings. The van der Waals surface area contributed by atoms with E-state index in [4.69, 9.17) is 15.2 Å². The minimum atomic E-state index is -1.19. The Hall–Kier alpha value is -3.52. The van der Waals surface area contributed by atoms with Crippen molar-refractivity contribution in [1.82, 2.24) is 4.98 Å². The van der Waals surface area contributed by atoms with Crippen molar-refractivity contribution in [3.63, 3.8) is 0 Å². The van der Waals surface area contributed by atoms with Crippen molar-refractivity contribution in [3.8, 4) is 22.6 Å². The second-order valence-corrected chi connectivity index (χ2v) is 7.52. The molecule has 8 heteroatoms. The first-order valence-electron chi connectivity index (χ1n) is 8.91. The molecule has 1 amide bonds. The molecule has 0 saturated heterocycles. The van der Waals surface area contributed by atoms with E-state index in [1.54, 1.807) is 7.11 Å². The van der Waals surface area contributed by atoms with E-state index < -0.39 is 23.1 Å². The maximum absolute atomic E-state index is 14.3. The van der Waals surface area contributed by atoms with Crippen molar-refractivity contribution >= 4 is 27.5 Å². The highest BCUT2D eigenvalue weighted by atomic mass is 32.1. The van der Waals surface area contributed by atoms with Gasteiger partial charge in [-0.25, -0.2) is 13.8 Å². The van der Waals surface area contributed by atoms with Crippen LogP contribution in [-0.2, 0) is 6.61 Å². The van der Waals surface area contributed by atoms with Crippen molar-refractivity contribution in [2.24, 2.45) is 5.73 Å². The number of amides is 1. The lowest BCUT2D eigenvalue weighted by molar-refractivity contribution is 0.0991. The summed E-state index contributed by atoms with van der Waals surface area (Å²) in [5.74, 6) is -2.82. The predicted molar refractivity (Wildman–Crippen MR) is 111 cm³/mol. The molecule has 0 fully saturated rings. The van der Waals surface area contributed by atoms with Gasteiger partial charge in [0, 0.05) is 0 Å². The second-order valence-electron chi connectivity index (χ2n) is 6.41. The summed E-state index contributed by atoms with van der Waals surface area (Å²) in [5.41, 5.74) is 7.01. The lowest BCUT2D eigenvalue weighted by Gasteiger charge is -2.08. The van der Waals surface area contributed by atoms with Gasteiger partial charge in [0.25, 0.3) is 5.91 Å². The van der Waals surface area contributed by atoms with E-state index in [0.29, 0.717) is 5.01 Å². The normalized spacial score (nSPS) is 10.9. The Morgan fingerprint density at radius 1 is 1.07 bits per heavy atom. The number of benzene rings is 3. The number of nitrogens with zero attached hydrogens (tertiary/aromatic N) is 1. The fraction of sp³-hybridized carbons (Fsp3) is 0.0909. The van der Waals surface area contributed by atoms with Crippen molar-refractivity contribution in [2.75, 3.05) is 7.11 Å². The number of fused-ring (bicyclic) bond motifs is 1. The van der Waals surface area contributed by atoms with Gasteiger partial charge in [0.15, 0.2) is 11.6 Å². The molecule has 30 heavy (non-hydrogen) atoms. The van der Waals surface area contributed by atoms with Crippen LogP contribution in [-0.4, -0.2) is 18.0 Å². The van der Waals surface area contributed by atoms with E-state index in [2.05, 4.69) is 4.98 Å². The van der Waals surface area contributed by atoms with Gasteiger partial charge >= 0.3 is 0 Å². The van der Waals surface area contributed by atoms with Gasteiger partial charge in [0.2, 0.25) is 0 Å². The van der Waals surface area contributed by atoms with Gasteiger partial charge in [0.1, 0.15) is 28.7 Å². The summed E-state index contributed by atoms with van der Waals surface area (Å²) in [6, 6.07) is 15.7. The molecule has 1 aromatic heterocycles. The Bertz CT molecular complexity index is 1240. The summed E-state index contributed by atoms with van der Waals surface area (Å²) in [7, 11) is 1.62. The lowest BCUT2D eigenvalue weighted by atomic mass is 10.1. The molecule has 0 aliphatic heterocycles. The Morgan fingerprint density at radius 2 is 1.80 bits per heavy atom.